The molecule has 0 radical (unpaired) electrons. The highest BCUT2D eigenvalue weighted by Gasteiger charge is 2.25. The number of imide groups is 1. The van der Waals surface area contributed by atoms with Crippen LogP contribution in [0.1, 0.15) is 11.1 Å². The van der Waals surface area contributed by atoms with Crippen molar-refractivity contribution in [2.24, 2.45) is 0 Å². The van der Waals surface area contributed by atoms with Gasteiger partial charge in [0.05, 0.1) is 22.3 Å². The highest BCUT2D eigenvalue weighted by atomic mass is 32.2. The number of piperazine rings is 1. The summed E-state index contributed by atoms with van der Waals surface area (Å²) in [5.41, 5.74) is 5.23. The quantitative estimate of drug-likeness (QED) is 0.638. The summed E-state index contributed by atoms with van der Waals surface area (Å²) in [5, 5.41) is 1.96. The third-order valence-electron chi connectivity index (χ3n) is 5.74. The summed E-state index contributed by atoms with van der Waals surface area (Å²) in [5.74, 6) is -0.343. The average molecular weight is 434 g/mol. The largest absolute Gasteiger partial charge is 0.369 e. The van der Waals surface area contributed by atoms with E-state index in [0.29, 0.717) is 11.4 Å². The van der Waals surface area contributed by atoms with Gasteiger partial charge in [-0.25, -0.2) is 4.98 Å². The molecule has 31 heavy (non-hydrogen) atoms. The van der Waals surface area contributed by atoms with E-state index in [1.807, 2.05) is 24.5 Å². The van der Waals surface area contributed by atoms with E-state index in [1.165, 1.54) is 11.3 Å². The van der Waals surface area contributed by atoms with Crippen LogP contribution in [0.4, 0.5) is 10.5 Å². The number of benzene rings is 2. The maximum absolute atomic E-state index is 11.8. The maximum Gasteiger partial charge on any atom is 0.290 e. The van der Waals surface area contributed by atoms with Crippen molar-refractivity contribution in [1.29, 1.82) is 0 Å². The van der Waals surface area contributed by atoms with E-state index in [1.54, 1.807) is 6.08 Å². The van der Waals surface area contributed by atoms with Gasteiger partial charge < -0.3 is 14.4 Å². The summed E-state index contributed by atoms with van der Waals surface area (Å²) in [6.45, 7) is 5.02. The molecule has 0 bridgehead atoms. The lowest BCUT2D eigenvalue weighted by atomic mass is 10.1. The molecule has 2 amide bonds. The Hall–Kier alpha value is -3.10. The van der Waals surface area contributed by atoms with Crippen molar-refractivity contribution in [2.75, 3.05) is 38.1 Å². The number of imidazole rings is 1. The number of anilines is 1. The van der Waals surface area contributed by atoms with Crippen molar-refractivity contribution < 1.29 is 9.59 Å². The van der Waals surface area contributed by atoms with Gasteiger partial charge in [-0.3, -0.25) is 14.9 Å². The molecular formula is C23H23N5O2S. The van der Waals surface area contributed by atoms with Crippen molar-refractivity contribution in [3.8, 4) is 0 Å². The van der Waals surface area contributed by atoms with Crippen LogP contribution in [0.25, 0.3) is 17.1 Å². The number of likely N-dealkylation sites (N-methyl/N-ethyl adjacent to an activating group) is 1. The van der Waals surface area contributed by atoms with Crippen LogP contribution in [0.3, 0.4) is 0 Å². The molecule has 3 aromatic rings. The molecule has 0 saturated carbocycles. The third kappa shape index (κ3) is 4.22. The second kappa shape index (κ2) is 8.20. The van der Waals surface area contributed by atoms with E-state index in [4.69, 9.17) is 0 Å². The van der Waals surface area contributed by atoms with Crippen molar-refractivity contribution in [3.63, 3.8) is 0 Å². The zero-order valence-corrected chi connectivity index (χ0v) is 18.1. The van der Waals surface area contributed by atoms with Crippen LogP contribution in [-0.4, -0.2) is 58.8 Å². The number of carbonyl (C=O) groups is 2. The van der Waals surface area contributed by atoms with Crippen molar-refractivity contribution in [3.05, 3.63) is 64.8 Å². The lowest BCUT2D eigenvalue weighted by Gasteiger charge is -2.34. The first-order chi connectivity index (χ1) is 15.0. The summed E-state index contributed by atoms with van der Waals surface area (Å²) >= 11 is 0.928. The Kier molecular flexibility index (Phi) is 5.25. The Labute approximate surface area is 184 Å². The molecule has 0 aliphatic carbocycles. The molecule has 0 unspecified atom stereocenters. The first kappa shape index (κ1) is 19.8. The Morgan fingerprint density at radius 2 is 1.84 bits per heavy atom. The van der Waals surface area contributed by atoms with E-state index in [0.717, 1.165) is 54.5 Å². The van der Waals surface area contributed by atoms with Gasteiger partial charge in [-0.05, 0) is 60.3 Å². The smallest absolute Gasteiger partial charge is 0.290 e. The van der Waals surface area contributed by atoms with Crippen LogP contribution in [0, 0.1) is 0 Å². The van der Waals surface area contributed by atoms with Crippen LogP contribution in [-0.2, 0) is 11.3 Å². The minimum atomic E-state index is -0.343. The van der Waals surface area contributed by atoms with Crippen LogP contribution < -0.4 is 10.2 Å². The van der Waals surface area contributed by atoms with Crippen LogP contribution in [0.15, 0.2) is 53.7 Å². The van der Waals surface area contributed by atoms with E-state index >= 15 is 0 Å². The fourth-order valence-electron chi connectivity index (χ4n) is 3.94. The number of hydrogen-bond donors (Lipinski definition) is 1. The first-order valence-electron chi connectivity index (χ1n) is 10.3. The van der Waals surface area contributed by atoms with Crippen LogP contribution >= 0.6 is 11.8 Å². The number of amides is 2. The van der Waals surface area contributed by atoms with Crippen molar-refractivity contribution in [2.45, 2.75) is 6.54 Å². The van der Waals surface area contributed by atoms with E-state index < -0.39 is 0 Å². The van der Waals surface area contributed by atoms with Gasteiger partial charge in [-0.1, -0.05) is 18.2 Å². The number of nitrogens with zero attached hydrogens (tertiary/aromatic N) is 4. The van der Waals surface area contributed by atoms with Crippen LogP contribution in [0.2, 0.25) is 0 Å². The molecule has 2 saturated heterocycles. The molecular weight excluding hydrogens is 410 g/mol. The highest BCUT2D eigenvalue weighted by Crippen LogP contribution is 2.27. The lowest BCUT2D eigenvalue weighted by Crippen LogP contribution is -2.44. The van der Waals surface area contributed by atoms with Crippen molar-refractivity contribution >= 4 is 45.7 Å². The molecule has 2 fully saturated rings. The number of rotatable bonds is 4. The molecule has 5 rings (SSSR count). The topological polar surface area (TPSA) is 70.5 Å². The van der Waals surface area contributed by atoms with Gasteiger partial charge in [0.2, 0.25) is 0 Å². The zero-order valence-electron chi connectivity index (χ0n) is 17.2. The Morgan fingerprint density at radius 3 is 2.55 bits per heavy atom. The van der Waals surface area contributed by atoms with E-state index in [-0.39, 0.29) is 11.1 Å². The highest BCUT2D eigenvalue weighted by molar-refractivity contribution is 8.18. The Morgan fingerprint density at radius 1 is 1.06 bits per heavy atom. The van der Waals surface area contributed by atoms with Gasteiger partial charge in [-0.2, -0.15) is 0 Å². The van der Waals surface area contributed by atoms with E-state index in [2.05, 4.69) is 56.0 Å². The molecule has 2 aromatic carbocycles. The minimum Gasteiger partial charge on any atom is -0.369 e. The Bertz CT molecular complexity index is 1180. The normalized spacial score (nSPS) is 18.9. The van der Waals surface area contributed by atoms with E-state index in [9.17, 15) is 9.59 Å². The molecule has 158 valence electrons. The number of nitrogens with one attached hydrogen (secondary N) is 1. The predicted octanol–water partition coefficient (Wildman–Crippen LogP) is 3.16. The molecule has 7 nitrogen and oxygen atoms in total. The fraction of sp³-hybridized carbons (Fsp3) is 0.261. The minimum absolute atomic E-state index is 0.331. The first-order valence-corrected chi connectivity index (χ1v) is 11.1. The zero-order chi connectivity index (χ0) is 21.4. The molecule has 1 aromatic heterocycles. The number of aromatic nitrogens is 2. The molecule has 3 heterocycles. The third-order valence-corrected chi connectivity index (χ3v) is 6.55. The van der Waals surface area contributed by atoms with Gasteiger partial charge >= 0.3 is 0 Å². The van der Waals surface area contributed by atoms with Crippen molar-refractivity contribution in [1.82, 2.24) is 19.8 Å². The van der Waals surface area contributed by atoms with Crippen LogP contribution in [0.5, 0.6) is 0 Å². The molecule has 1 N–H and O–H groups in total. The maximum atomic E-state index is 11.8. The molecule has 8 heteroatoms. The second-order valence-electron chi connectivity index (χ2n) is 7.93. The van der Waals surface area contributed by atoms with Gasteiger partial charge in [-0.15, -0.1) is 0 Å². The summed E-state index contributed by atoms with van der Waals surface area (Å²) in [6, 6.07) is 14.6. The van der Waals surface area contributed by atoms with Gasteiger partial charge in [0.25, 0.3) is 11.1 Å². The monoisotopic (exact) mass is 433 g/mol. The lowest BCUT2D eigenvalue weighted by molar-refractivity contribution is -0.115. The van der Waals surface area contributed by atoms with Gasteiger partial charge in [0.1, 0.15) is 0 Å². The SMILES string of the molecule is CN1CCN(c2ccc(Cn3cnc4ccc(C=C5SC(=O)NC5=O)cc43)cc2)CC1. The number of hydrogen-bond acceptors (Lipinski definition) is 6. The molecule has 2 aliphatic rings. The standard InChI is InChI=1S/C23H23N5O2S/c1-26-8-10-27(11-9-26)18-5-2-16(3-6-18)14-28-15-24-19-7-4-17(12-20(19)28)13-21-22(29)25-23(30)31-21/h2-7,12-13,15H,8-11,14H2,1H3,(H,25,29,30). The number of fused-ring (bicyclic) bond motifs is 1. The Balaban J connectivity index is 1.35. The summed E-state index contributed by atoms with van der Waals surface area (Å²) in [7, 11) is 2.17. The summed E-state index contributed by atoms with van der Waals surface area (Å²) in [4.78, 5) is 32.9. The molecule has 0 spiro atoms. The summed E-state index contributed by atoms with van der Waals surface area (Å²) < 4.78 is 2.11. The second-order valence-corrected chi connectivity index (χ2v) is 8.94. The fourth-order valence-corrected chi connectivity index (χ4v) is 4.62. The summed E-state index contributed by atoms with van der Waals surface area (Å²) in [6.07, 6.45) is 3.59. The number of carbonyl (C=O) groups excluding carboxylic acids is 2. The van der Waals surface area contributed by atoms with Gasteiger partial charge in [0, 0.05) is 38.4 Å². The molecule has 0 atom stereocenters. The van der Waals surface area contributed by atoms with Gasteiger partial charge in [0.15, 0.2) is 0 Å². The predicted molar refractivity (Wildman–Crippen MR) is 124 cm³/mol. The molecule has 2 aliphatic heterocycles. The average Bonchev–Trinajstić information content (AvgIpc) is 3.31. The number of thioether (sulfide) groups is 1.